The molecule has 1 aliphatic heterocycles. The molecule has 0 aromatic heterocycles. The average molecular weight is 302 g/mol. The zero-order chi connectivity index (χ0) is 14.8. The van der Waals surface area contributed by atoms with E-state index < -0.39 is 5.97 Å². The van der Waals surface area contributed by atoms with Crippen molar-refractivity contribution < 1.29 is 19.7 Å². The molecule has 3 rings (SSSR count). The summed E-state index contributed by atoms with van der Waals surface area (Å²) in [5.41, 5.74) is 0. The highest BCUT2D eigenvalue weighted by molar-refractivity contribution is 7.99. The first kappa shape index (κ1) is 13.8. The van der Waals surface area contributed by atoms with Crippen molar-refractivity contribution in [2.24, 2.45) is 0 Å². The number of aromatic hydroxyl groups is 1. The van der Waals surface area contributed by atoms with E-state index in [9.17, 15) is 15.0 Å². The number of thioether (sulfide) groups is 1. The van der Waals surface area contributed by atoms with Gasteiger partial charge in [0.15, 0.2) is 0 Å². The molecule has 0 bridgehead atoms. The summed E-state index contributed by atoms with van der Waals surface area (Å²) in [5.74, 6) is -0.0694. The van der Waals surface area contributed by atoms with E-state index in [0.717, 1.165) is 15.7 Å². The monoisotopic (exact) mass is 302 g/mol. The van der Waals surface area contributed by atoms with Crippen LogP contribution in [0.3, 0.4) is 0 Å². The maximum Gasteiger partial charge on any atom is 0.373 e. The fourth-order valence-electron chi connectivity index (χ4n) is 2.28. The quantitative estimate of drug-likeness (QED) is 0.669. The van der Waals surface area contributed by atoms with Crippen molar-refractivity contribution in [1.82, 2.24) is 0 Å². The Bertz CT molecular complexity index is 723. The summed E-state index contributed by atoms with van der Waals surface area (Å²) in [6, 6.07) is 11.4. The van der Waals surface area contributed by atoms with Crippen molar-refractivity contribution in [3.8, 4) is 5.75 Å². The second kappa shape index (κ2) is 5.69. The van der Waals surface area contributed by atoms with Crippen LogP contribution in [0.15, 0.2) is 53.1 Å². The fourth-order valence-corrected chi connectivity index (χ4v) is 3.39. The smallest absolute Gasteiger partial charge is 0.373 e. The lowest BCUT2D eigenvalue weighted by atomic mass is 10.1. The highest BCUT2D eigenvalue weighted by Gasteiger charge is 2.24. The van der Waals surface area contributed by atoms with Gasteiger partial charge in [-0.25, -0.2) is 4.79 Å². The number of esters is 1. The number of benzene rings is 2. The first-order valence-corrected chi connectivity index (χ1v) is 7.59. The molecule has 5 heteroatoms. The lowest BCUT2D eigenvalue weighted by Gasteiger charge is -2.10. The van der Waals surface area contributed by atoms with Crippen molar-refractivity contribution >= 4 is 28.5 Å². The molecule has 0 saturated carbocycles. The van der Waals surface area contributed by atoms with Gasteiger partial charge >= 0.3 is 5.97 Å². The van der Waals surface area contributed by atoms with Crippen molar-refractivity contribution in [3.05, 3.63) is 48.2 Å². The van der Waals surface area contributed by atoms with Crippen LogP contribution in [-0.2, 0) is 9.53 Å². The van der Waals surface area contributed by atoms with Gasteiger partial charge in [-0.3, -0.25) is 0 Å². The second-order valence-corrected chi connectivity index (χ2v) is 5.87. The van der Waals surface area contributed by atoms with E-state index in [1.807, 2.05) is 30.3 Å². The number of rotatable bonds is 4. The van der Waals surface area contributed by atoms with Crippen LogP contribution in [0.2, 0.25) is 0 Å². The number of aliphatic hydroxyl groups is 1. The van der Waals surface area contributed by atoms with Gasteiger partial charge in [0.25, 0.3) is 0 Å². The molecular formula is C16H14O4S. The van der Waals surface area contributed by atoms with E-state index in [1.165, 1.54) is 17.8 Å². The Labute approximate surface area is 126 Å². The number of aliphatic hydroxyl groups excluding tert-OH is 1. The van der Waals surface area contributed by atoms with Crippen LogP contribution in [-0.4, -0.2) is 28.0 Å². The summed E-state index contributed by atoms with van der Waals surface area (Å²) >= 11 is 1.51. The number of cyclic esters (lactones) is 1. The van der Waals surface area contributed by atoms with Crippen molar-refractivity contribution in [3.63, 3.8) is 0 Å². The van der Waals surface area contributed by atoms with Gasteiger partial charge in [0, 0.05) is 11.8 Å². The fraction of sp³-hybridized carbons (Fsp3) is 0.188. The first-order chi connectivity index (χ1) is 10.1. The normalized spacial score (nSPS) is 17.8. The lowest BCUT2D eigenvalue weighted by molar-refractivity contribution is -0.142. The van der Waals surface area contributed by atoms with Crippen LogP contribution < -0.4 is 0 Å². The van der Waals surface area contributed by atoms with Gasteiger partial charge < -0.3 is 14.9 Å². The number of hydrogen-bond acceptors (Lipinski definition) is 5. The molecule has 0 saturated heterocycles. The van der Waals surface area contributed by atoms with Gasteiger partial charge in [-0.1, -0.05) is 30.3 Å². The predicted octanol–water partition coefficient (Wildman–Crippen LogP) is 3.39. The molecule has 1 heterocycles. The zero-order valence-corrected chi connectivity index (χ0v) is 12.0. The maximum atomic E-state index is 11.1. The van der Waals surface area contributed by atoms with Gasteiger partial charge in [0.2, 0.25) is 5.76 Å². The summed E-state index contributed by atoms with van der Waals surface area (Å²) in [4.78, 5) is 11.9. The molecule has 1 unspecified atom stereocenters. The molecule has 2 aromatic rings. The number of phenolic OH excluding ortho intramolecular Hbond substituents is 1. The first-order valence-electron chi connectivity index (χ1n) is 6.60. The van der Waals surface area contributed by atoms with Crippen LogP contribution in [0, 0.1) is 0 Å². The van der Waals surface area contributed by atoms with Crippen molar-refractivity contribution in [2.75, 3.05) is 5.75 Å². The summed E-state index contributed by atoms with van der Waals surface area (Å²) < 4.78 is 4.97. The number of carbonyl (C=O) groups is 1. The van der Waals surface area contributed by atoms with Crippen LogP contribution >= 0.6 is 11.8 Å². The minimum Gasteiger partial charge on any atom is -0.507 e. The number of hydrogen-bond donors (Lipinski definition) is 2. The van der Waals surface area contributed by atoms with E-state index in [0.29, 0.717) is 12.2 Å². The van der Waals surface area contributed by atoms with Crippen molar-refractivity contribution in [1.29, 1.82) is 0 Å². The molecule has 2 N–H and O–H groups in total. The molecular weight excluding hydrogens is 288 g/mol. The summed E-state index contributed by atoms with van der Waals surface area (Å²) in [5, 5.41) is 21.3. The maximum absolute atomic E-state index is 11.1. The number of phenols is 1. The van der Waals surface area contributed by atoms with E-state index in [4.69, 9.17) is 4.74 Å². The Morgan fingerprint density at radius 1 is 1.14 bits per heavy atom. The molecule has 0 spiro atoms. The molecule has 21 heavy (non-hydrogen) atoms. The van der Waals surface area contributed by atoms with Gasteiger partial charge in [-0.2, -0.15) is 0 Å². The minimum atomic E-state index is -0.669. The summed E-state index contributed by atoms with van der Waals surface area (Å²) in [6.07, 6.45) is 1.62. The van der Waals surface area contributed by atoms with Crippen LogP contribution in [0.1, 0.15) is 6.42 Å². The Morgan fingerprint density at radius 2 is 1.95 bits per heavy atom. The van der Waals surface area contributed by atoms with E-state index >= 15 is 0 Å². The summed E-state index contributed by atoms with van der Waals surface area (Å²) in [7, 11) is 0. The zero-order valence-electron chi connectivity index (χ0n) is 11.2. The lowest BCUT2D eigenvalue weighted by Crippen LogP contribution is -2.09. The van der Waals surface area contributed by atoms with Gasteiger partial charge in [-0.05, 0) is 23.3 Å². The number of ether oxygens (including phenoxy) is 1. The molecule has 0 aliphatic carbocycles. The standard InChI is InChI=1S/C16H14O4S/c17-13-6-5-10-3-1-2-4-12(10)15(13)21-8-7-11-9-14(18)16(19)20-11/h1-6,9,11,17-18H,7-8H2. The third-order valence-corrected chi connectivity index (χ3v) is 4.48. The average Bonchev–Trinajstić information content (AvgIpc) is 2.80. The Morgan fingerprint density at radius 3 is 2.71 bits per heavy atom. The number of carbonyl (C=O) groups excluding carboxylic acids is 1. The van der Waals surface area contributed by atoms with Crippen molar-refractivity contribution in [2.45, 2.75) is 17.4 Å². The SMILES string of the molecule is O=C1OC(CCSc2c(O)ccc3ccccc23)C=C1O. The van der Waals surface area contributed by atoms with Gasteiger partial charge in [-0.15, -0.1) is 11.8 Å². The van der Waals surface area contributed by atoms with E-state index in [-0.39, 0.29) is 17.6 Å². The predicted molar refractivity (Wildman–Crippen MR) is 81.5 cm³/mol. The Balaban J connectivity index is 1.71. The Hall–Kier alpha value is -2.14. The topological polar surface area (TPSA) is 66.8 Å². The molecule has 2 aromatic carbocycles. The molecule has 1 aliphatic rings. The van der Waals surface area contributed by atoms with Crippen LogP contribution in [0.5, 0.6) is 5.75 Å². The molecule has 108 valence electrons. The third kappa shape index (κ3) is 2.83. The van der Waals surface area contributed by atoms with Crippen LogP contribution in [0.25, 0.3) is 10.8 Å². The molecule has 0 radical (unpaired) electrons. The summed E-state index contributed by atoms with van der Waals surface area (Å²) in [6.45, 7) is 0. The highest BCUT2D eigenvalue weighted by Crippen LogP contribution is 2.36. The molecule has 0 fully saturated rings. The van der Waals surface area contributed by atoms with Gasteiger partial charge in [0.1, 0.15) is 11.9 Å². The largest absolute Gasteiger partial charge is 0.507 e. The minimum absolute atomic E-state index is 0.250. The van der Waals surface area contributed by atoms with Gasteiger partial charge in [0.05, 0.1) is 4.90 Å². The Kier molecular flexibility index (Phi) is 3.75. The highest BCUT2D eigenvalue weighted by atomic mass is 32.2. The number of fused-ring (bicyclic) bond motifs is 1. The second-order valence-electron chi connectivity index (χ2n) is 4.77. The van der Waals surface area contributed by atoms with E-state index in [1.54, 1.807) is 6.07 Å². The third-order valence-electron chi connectivity index (χ3n) is 3.32. The van der Waals surface area contributed by atoms with Crippen LogP contribution in [0.4, 0.5) is 0 Å². The van der Waals surface area contributed by atoms with E-state index in [2.05, 4.69) is 0 Å². The molecule has 4 nitrogen and oxygen atoms in total. The molecule has 1 atom stereocenters. The molecule has 0 amide bonds.